The number of hydrogen-bond acceptors (Lipinski definition) is 13. The van der Waals surface area contributed by atoms with E-state index in [4.69, 9.17) is 24.2 Å². The Morgan fingerprint density at radius 3 is 2.41 bits per heavy atom. The summed E-state index contributed by atoms with van der Waals surface area (Å²) in [7, 11) is 2.05. The first-order valence-electron chi connectivity index (χ1n) is 19.5. The van der Waals surface area contributed by atoms with Gasteiger partial charge in [-0.15, -0.1) is 11.8 Å². The van der Waals surface area contributed by atoms with Crippen molar-refractivity contribution < 1.29 is 41.7 Å². The normalized spacial score (nSPS) is 18.9. The number of aromatic nitrogens is 3. The fourth-order valence-corrected chi connectivity index (χ4v) is 8.22. The van der Waals surface area contributed by atoms with Gasteiger partial charge < -0.3 is 28.7 Å². The molecule has 318 valence electrons. The molecule has 0 unspecified atom stereocenters. The molecule has 0 bridgehead atoms. The van der Waals surface area contributed by atoms with Gasteiger partial charge in [0.15, 0.2) is 11.9 Å². The van der Waals surface area contributed by atoms with E-state index in [1.807, 2.05) is 19.2 Å². The summed E-state index contributed by atoms with van der Waals surface area (Å²) in [6.45, 7) is 5.51. The van der Waals surface area contributed by atoms with Crippen molar-refractivity contribution in [1.29, 1.82) is 10.5 Å². The molecule has 0 N–H and O–H groups in total. The van der Waals surface area contributed by atoms with Gasteiger partial charge in [0, 0.05) is 60.7 Å². The molecule has 1 aromatic heterocycles. The molecule has 3 aromatic carbocycles. The van der Waals surface area contributed by atoms with E-state index in [-0.39, 0.29) is 65.9 Å². The number of halogens is 3. The van der Waals surface area contributed by atoms with Crippen LogP contribution in [0.1, 0.15) is 51.5 Å². The fourth-order valence-electron chi connectivity index (χ4n) is 6.86. The van der Waals surface area contributed by atoms with Gasteiger partial charge in [-0.3, -0.25) is 4.79 Å². The highest BCUT2D eigenvalue weighted by atomic mass is 32.2. The van der Waals surface area contributed by atoms with Crippen LogP contribution in [-0.2, 0) is 42.5 Å². The molecule has 2 saturated heterocycles. The number of likely N-dealkylation sites (N-methyl/N-ethyl adjacent to an activating group) is 1. The maximum Gasteiger partial charge on any atom is 0.339 e. The molecule has 0 radical (unpaired) electrons. The maximum absolute atomic E-state index is 16.1. The van der Waals surface area contributed by atoms with Crippen molar-refractivity contribution in [2.24, 2.45) is 0 Å². The minimum absolute atomic E-state index is 0.0801. The molecular formula is C44H44F3N7O6S. The molecular weight excluding hydrogens is 812 g/mol. The van der Waals surface area contributed by atoms with E-state index in [0.29, 0.717) is 18.2 Å². The highest BCUT2D eigenvalue weighted by molar-refractivity contribution is 8.00. The summed E-state index contributed by atoms with van der Waals surface area (Å²) >= 11 is 1.29. The number of hydrogen-bond donors (Lipinski definition) is 0. The lowest BCUT2D eigenvalue weighted by molar-refractivity contribution is -0.146. The number of esters is 2. The highest BCUT2D eigenvalue weighted by Gasteiger charge is 2.47. The van der Waals surface area contributed by atoms with E-state index in [1.54, 1.807) is 31.2 Å². The average Bonchev–Trinajstić information content (AvgIpc) is 3.77. The van der Waals surface area contributed by atoms with Gasteiger partial charge in [-0.25, -0.2) is 27.6 Å². The first-order chi connectivity index (χ1) is 29.5. The minimum atomic E-state index is -1.88. The lowest BCUT2D eigenvalue weighted by atomic mass is 9.89. The Bertz CT molecular complexity index is 2300. The lowest BCUT2D eigenvalue weighted by Crippen LogP contribution is -2.47. The van der Waals surface area contributed by atoms with E-state index in [1.165, 1.54) is 65.5 Å². The van der Waals surface area contributed by atoms with Crippen LogP contribution in [-0.4, -0.2) is 106 Å². The summed E-state index contributed by atoms with van der Waals surface area (Å²) in [5.41, 5.74) is -1.19. The standard InChI is InChI=1S/C44H44F3N7O6S/c1-30(61-36-25-58-42(59-26-36)6-4-3-5-33-9-7-32(23-49)20-39(33)46)44(27-54-29-50-28-51-54,38-12-11-35(45)21-40(38)47)60-43(56)37-19-31(22-48)8-10-34(37)24-57-41(55)13-14-53-17-15-52(2)16-18-53/h3-12,19-21,28-30,36,42H,13-18,24-27H2,1-2H3/b5-3+,6-4+/t30-,36-,42-,44-/m1/s1. The summed E-state index contributed by atoms with van der Waals surface area (Å²) in [6.07, 6.45) is 8.49. The van der Waals surface area contributed by atoms with E-state index >= 15 is 4.39 Å². The van der Waals surface area contributed by atoms with Gasteiger partial charge in [-0.1, -0.05) is 30.4 Å². The number of nitrogens with zero attached hydrogens (tertiary/aromatic N) is 7. The summed E-state index contributed by atoms with van der Waals surface area (Å²) in [5, 5.41) is 21.8. The molecule has 2 aliphatic rings. The second-order valence-corrected chi connectivity index (χ2v) is 16.2. The zero-order chi connectivity index (χ0) is 43.4. The van der Waals surface area contributed by atoms with E-state index in [0.717, 1.165) is 38.3 Å². The fraction of sp³-hybridized carbons (Fsp3) is 0.364. The summed E-state index contributed by atoms with van der Waals surface area (Å²) < 4.78 is 70.1. The molecule has 61 heavy (non-hydrogen) atoms. The van der Waals surface area contributed by atoms with Crippen molar-refractivity contribution in [2.75, 3.05) is 53.0 Å². The molecule has 0 aliphatic carbocycles. The Balaban J connectivity index is 1.20. The second kappa shape index (κ2) is 21.1. The Labute approximate surface area is 355 Å². The van der Waals surface area contributed by atoms with Crippen LogP contribution in [0.3, 0.4) is 0 Å². The third kappa shape index (κ3) is 11.9. The number of thioether (sulfide) groups is 1. The number of ether oxygens (including phenoxy) is 4. The van der Waals surface area contributed by atoms with Gasteiger partial charge in [-0.05, 0) is 56.4 Å². The Hall–Kier alpha value is -5.82. The summed E-state index contributed by atoms with van der Waals surface area (Å²) in [4.78, 5) is 35.8. The predicted molar refractivity (Wildman–Crippen MR) is 219 cm³/mol. The number of allylic oxidation sites excluding steroid dienone is 2. The zero-order valence-electron chi connectivity index (χ0n) is 33.6. The molecule has 2 atom stereocenters. The number of carbonyl (C=O) groups is 2. The SMILES string of the molecule is C[C@@H](S[C@H]1CO[C@H](/C=C/C=C/c2ccc(C#N)cc2F)OC1)[C@@](Cn1cncn1)(OC(=O)c1cc(C#N)ccc1COC(=O)CCN1CCN(C)CC1)c1ccc(F)cc1F. The van der Waals surface area contributed by atoms with E-state index in [2.05, 4.69) is 19.9 Å². The maximum atomic E-state index is 16.1. The first-order valence-corrected chi connectivity index (χ1v) is 20.4. The van der Waals surface area contributed by atoms with Gasteiger partial charge in [0.1, 0.15) is 36.7 Å². The summed E-state index contributed by atoms with van der Waals surface area (Å²) in [5.74, 6) is -3.77. The molecule has 0 spiro atoms. The Morgan fingerprint density at radius 1 is 0.984 bits per heavy atom. The third-order valence-electron chi connectivity index (χ3n) is 10.3. The molecule has 0 saturated carbocycles. The molecule has 0 amide bonds. The van der Waals surface area contributed by atoms with Crippen molar-refractivity contribution in [3.05, 3.63) is 136 Å². The second-order valence-electron chi connectivity index (χ2n) is 14.6. The molecule has 2 fully saturated rings. The average molecular weight is 856 g/mol. The lowest BCUT2D eigenvalue weighted by Gasteiger charge is -2.40. The van der Waals surface area contributed by atoms with Gasteiger partial charge >= 0.3 is 11.9 Å². The topological polar surface area (TPSA) is 156 Å². The van der Waals surface area contributed by atoms with Crippen LogP contribution in [0.4, 0.5) is 13.2 Å². The molecule has 4 aromatic rings. The van der Waals surface area contributed by atoms with Crippen LogP contribution < -0.4 is 0 Å². The van der Waals surface area contributed by atoms with Crippen LogP contribution in [0.15, 0.2) is 85.5 Å². The van der Waals surface area contributed by atoms with Crippen molar-refractivity contribution in [3.63, 3.8) is 0 Å². The van der Waals surface area contributed by atoms with Gasteiger partial charge in [0.2, 0.25) is 0 Å². The quantitative estimate of drug-likeness (QED) is 0.0956. The minimum Gasteiger partial charge on any atom is -0.461 e. The predicted octanol–water partition coefficient (Wildman–Crippen LogP) is 6.00. The van der Waals surface area contributed by atoms with Crippen LogP contribution in [0, 0.1) is 40.1 Å². The number of nitriles is 2. The molecule has 2 aliphatic heterocycles. The van der Waals surface area contributed by atoms with E-state index in [9.17, 15) is 23.6 Å². The monoisotopic (exact) mass is 855 g/mol. The van der Waals surface area contributed by atoms with Gasteiger partial charge in [0.05, 0.1) is 60.3 Å². The van der Waals surface area contributed by atoms with Crippen LogP contribution in [0.25, 0.3) is 6.08 Å². The molecule has 3 heterocycles. The van der Waals surface area contributed by atoms with Crippen molar-refractivity contribution in [1.82, 2.24) is 24.6 Å². The number of piperazine rings is 1. The molecule has 13 nitrogen and oxygen atoms in total. The Morgan fingerprint density at radius 2 is 1.72 bits per heavy atom. The molecule has 6 rings (SSSR count). The van der Waals surface area contributed by atoms with Gasteiger partial charge in [0.25, 0.3) is 0 Å². The van der Waals surface area contributed by atoms with Crippen LogP contribution in [0.5, 0.6) is 0 Å². The first kappa shape index (κ1) is 44.7. The summed E-state index contributed by atoms with van der Waals surface area (Å²) in [6, 6.07) is 15.4. The van der Waals surface area contributed by atoms with Crippen molar-refractivity contribution >= 4 is 29.8 Å². The van der Waals surface area contributed by atoms with Crippen LogP contribution >= 0.6 is 11.8 Å². The number of carbonyl (C=O) groups excluding carboxylic acids is 2. The third-order valence-corrected chi connectivity index (χ3v) is 11.8. The molecule has 17 heteroatoms. The van der Waals surface area contributed by atoms with Gasteiger partial charge in [-0.2, -0.15) is 15.6 Å². The Kier molecular flexibility index (Phi) is 15.5. The van der Waals surface area contributed by atoms with Crippen LogP contribution in [0.2, 0.25) is 0 Å². The largest absolute Gasteiger partial charge is 0.461 e. The van der Waals surface area contributed by atoms with Crippen molar-refractivity contribution in [3.8, 4) is 12.1 Å². The number of benzene rings is 3. The zero-order valence-corrected chi connectivity index (χ0v) is 34.4. The number of rotatable bonds is 16. The highest BCUT2D eigenvalue weighted by Crippen LogP contribution is 2.42. The van der Waals surface area contributed by atoms with E-state index < -0.39 is 46.5 Å². The smallest absolute Gasteiger partial charge is 0.339 e. The van der Waals surface area contributed by atoms with Crippen molar-refractivity contribution in [2.45, 2.75) is 48.9 Å².